The third kappa shape index (κ3) is 4.20. The van der Waals surface area contributed by atoms with Gasteiger partial charge in [-0.1, -0.05) is 13.3 Å². The Kier molecular flexibility index (Phi) is 5.09. The third-order valence-corrected chi connectivity index (χ3v) is 3.39. The van der Waals surface area contributed by atoms with Crippen LogP contribution in [-0.4, -0.2) is 37.5 Å². The molecule has 1 aliphatic rings. The molecule has 0 aromatic carbocycles. The average Bonchev–Trinajstić information content (AvgIpc) is 2.65. The molecule has 0 aliphatic heterocycles. The molecule has 1 amide bonds. The predicted octanol–water partition coefficient (Wildman–Crippen LogP) is 1.63. The molecule has 1 aliphatic carbocycles. The molecule has 88 valence electrons. The Morgan fingerprint density at radius 3 is 2.67 bits per heavy atom. The summed E-state index contributed by atoms with van der Waals surface area (Å²) >= 11 is 0. The highest BCUT2D eigenvalue weighted by Crippen LogP contribution is 2.27. The van der Waals surface area contributed by atoms with E-state index in [-0.39, 0.29) is 5.91 Å². The molecule has 0 aromatic rings. The summed E-state index contributed by atoms with van der Waals surface area (Å²) < 4.78 is 0. The molecule has 0 heterocycles. The van der Waals surface area contributed by atoms with Gasteiger partial charge in [0, 0.05) is 33.1 Å². The van der Waals surface area contributed by atoms with Gasteiger partial charge in [0.1, 0.15) is 0 Å². The zero-order valence-electron chi connectivity index (χ0n) is 10.3. The summed E-state index contributed by atoms with van der Waals surface area (Å²) in [5, 5.41) is 3.48. The fourth-order valence-electron chi connectivity index (χ4n) is 2.24. The summed E-state index contributed by atoms with van der Waals surface area (Å²) in [5.74, 6) is 1.12. The highest BCUT2D eigenvalue weighted by molar-refractivity contribution is 5.75. The number of hydrogen-bond acceptors (Lipinski definition) is 2. The maximum atomic E-state index is 11.3. The van der Waals surface area contributed by atoms with Crippen molar-refractivity contribution in [1.29, 1.82) is 0 Å². The molecule has 0 spiro atoms. The Morgan fingerprint density at radius 2 is 2.13 bits per heavy atom. The minimum Gasteiger partial charge on any atom is -0.349 e. The summed E-state index contributed by atoms with van der Waals surface area (Å²) in [7, 11) is 3.62. The molecule has 2 unspecified atom stereocenters. The normalized spacial score (nSPS) is 25.5. The average molecular weight is 212 g/mol. The standard InChI is InChI=1S/C12H24N2O/c1-4-10-5-6-11(9-10)13-8-7-12(15)14(2)3/h10-11,13H,4-9H2,1-3H3. The maximum Gasteiger partial charge on any atom is 0.223 e. The number of nitrogens with one attached hydrogen (secondary N) is 1. The number of carbonyl (C=O) groups excluding carboxylic acids is 1. The van der Waals surface area contributed by atoms with Gasteiger partial charge in [0.25, 0.3) is 0 Å². The summed E-state index contributed by atoms with van der Waals surface area (Å²) in [4.78, 5) is 13.0. The largest absolute Gasteiger partial charge is 0.349 e. The Balaban J connectivity index is 2.09. The summed E-state index contributed by atoms with van der Waals surface area (Å²) in [6.45, 7) is 3.10. The first kappa shape index (κ1) is 12.5. The monoisotopic (exact) mass is 212 g/mol. The molecule has 0 saturated heterocycles. The van der Waals surface area contributed by atoms with Gasteiger partial charge in [0.2, 0.25) is 5.91 Å². The van der Waals surface area contributed by atoms with Crippen LogP contribution in [-0.2, 0) is 4.79 Å². The summed E-state index contributed by atoms with van der Waals surface area (Å²) in [6.07, 6.45) is 5.87. The number of carbonyl (C=O) groups is 1. The molecular formula is C12H24N2O. The molecule has 0 aromatic heterocycles. The van der Waals surface area contributed by atoms with Crippen LogP contribution in [0.5, 0.6) is 0 Å². The highest BCUT2D eigenvalue weighted by atomic mass is 16.2. The molecule has 15 heavy (non-hydrogen) atoms. The lowest BCUT2D eigenvalue weighted by molar-refractivity contribution is -0.128. The van der Waals surface area contributed by atoms with Crippen molar-refractivity contribution in [3.63, 3.8) is 0 Å². The van der Waals surface area contributed by atoms with Crippen LogP contribution in [0.15, 0.2) is 0 Å². The Morgan fingerprint density at radius 1 is 1.40 bits per heavy atom. The van der Waals surface area contributed by atoms with Crippen LogP contribution in [0.4, 0.5) is 0 Å². The smallest absolute Gasteiger partial charge is 0.223 e. The number of amides is 1. The van der Waals surface area contributed by atoms with Gasteiger partial charge in [0.15, 0.2) is 0 Å². The molecule has 2 atom stereocenters. The van der Waals surface area contributed by atoms with Gasteiger partial charge in [-0.2, -0.15) is 0 Å². The van der Waals surface area contributed by atoms with Crippen LogP contribution in [0.25, 0.3) is 0 Å². The maximum absolute atomic E-state index is 11.3. The van der Waals surface area contributed by atoms with E-state index in [0.717, 1.165) is 12.5 Å². The SMILES string of the molecule is CCC1CCC(NCCC(=O)N(C)C)C1. The molecule has 0 radical (unpaired) electrons. The Bertz CT molecular complexity index is 204. The van der Waals surface area contributed by atoms with Crippen LogP contribution in [0.2, 0.25) is 0 Å². The molecule has 3 nitrogen and oxygen atoms in total. The van der Waals surface area contributed by atoms with Gasteiger partial charge in [-0.05, 0) is 25.2 Å². The van der Waals surface area contributed by atoms with Crippen LogP contribution in [0.1, 0.15) is 39.0 Å². The van der Waals surface area contributed by atoms with Gasteiger partial charge < -0.3 is 10.2 Å². The van der Waals surface area contributed by atoms with Crippen LogP contribution in [0.3, 0.4) is 0 Å². The Hall–Kier alpha value is -0.570. The van der Waals surface area contributed by atoms with Crippen molar-refractivity contribution in [3.05, 3.63) is 0 Å². The topological polar surface area (TPSA) is 32.3 Å². The van der Waals surface area contributed by atoms with Gasteiger partial charge in [-0.3, -0.25) is 4.79 Å². The highest BCUT2D eigenvalue weighted by Gasteiger charge is 2.22. The molecule has 0 bridgehead atoms. The van der Waals surface area contributed by atoms with Gasteiger partial charge in [-0.25, -0.2) is 0 Å². The van der Waals surface area contributed by atoms with Crippen LogP contribution >= 0.6 is 0 Å². The minimum atomic E-state index is 0.215. The van der Waals surface area contributed by atoms with E-state index in [1.165, 1.54) is 25.7 Å². The predicted molar refractivity (Wildman–Crippen MR) is 62.7 cm³/mol. The lowest BCUT2D eigenvalue weighted by Gasteiger charge is -2.14. The van der Waals surface area contributed by atoms with Crippen LogP contribution < -0.4 is 5.32 Å². The van der Waals surface area contributed by atoms with Crippen molar-refractivity contribution >= 4 is 5.91 Å². The molecule has 1 fully saturated rings. The second kappa shape index (κ2) is 6.11. The first-order valence-electron chi connectivity index (χ1n) is 6.07. The van der Waals surface area contributed by atoms with Gasteiger partial charge in [-0.15, -0.1) is 0 Å². The van der Waals surface area contributed by atoms with Crippen molar-refractivity contribution in [2.75, 3.05) is 20.6 Å². The zero-order chi connectivity index (χ0) is 11.3. The first-order chi connectivity index (χ1) is 7.13. The van der Waals surface area contributed by atoms with Crippen molar-refractivity contribution in [2.24, 2.45) is 5.92 Å². The fraction of sp³-hybridized carbons (Fsp3) is 0.917. The molecule has 1 N–H and O–H groups in total. The van der Waals surface area contributed by atoms with Crippen molar-refractivity contribution in [3.8, 4) is 0 Å². The van der Waals surface area contributed by atoms with E-state index >= 15 is 0 Å². The van der Waals surface area contributed by atoms with E-state index in [1.54, 1.807) is 4.90 Å². The number of nitrogens with zero attached hydrogens (tertiary/aromatic N) is 1. The number of hydrogen-bond donors (Lipinski definition) is 1. The quantitative estimate of drug-likeness (QED) is 0.751. The Labute approximate surface area is 93.2 Å². The fourth-order valence-corrected chi connectivity index (χ4v) is 2.24. The molecule has 1 rings (SSSR count). The second-order valence-corrected chi connectivity index (χ2v) is 4.78. The van der Waals surface area contributed by atoms with E-state index in [1.807, 2.05) is 14.1 Å². The van der Waals surface area contributed by atoms with E-state index in [9.17, 15) is 4.79 Å². The van der Waals surface area contributed by atoms with Gasteiger partial charge in [0.05, 0.1) is 0 Å². The summed E-state index contributed by atoms with van der Waals surface area (Å²) in [5.41, 5.74) is 0. The molecular weight excluding hydrogens is 188 g/mol. The second-order valence-electron chi connectivity index (χ2n) is 4.78. The van der Waals surface area contributed by atoms with Gasteiger partial charge >= 0.3 is 0 Å². The lowest BCUT2D eigenvalue weighted by atomic mass is 10.1. The molecule has 1 saturated carbocycles. The third-order valence-electron chi connectivity index (χ3n) is 3.39. The zero-order valence-corrected chi connectivity index (χ0v) is 10.3. The van der Waals surface area contributed by atoms with E-state index in [4.69, 9.17) is 0 Å². The van der Waals surface area contributed by atoms with Crippen LogP contribution in [0, 0.1) is 5.92 Å². The van der Waals surface area contributed by atoms with E-state index < -0.39 is 0 Å². The molecule has 3 heteroatoms. The van der Waals surface area contributed by atoms with Crippen molar-refractivity contribution < 1.29 is 4.79 Å². The van der Waals surface area contributed by atoms with E-state index in [0.29, 0.717) is 12.5 Å². The lowest BCUT2D eigenvalue weighted by Crippen LogP contribution is -2.31. The number of rotatable bonds is 5. The summed E-state index contributed by atoms with van der Waals surface area (Å²) in [6, 6.07) is 0.657. The minimum absolute atomic E-state index is 0.215. The van der Waals surface area contributed by atoms with Crippen molar-refractivity contribution in [1.82, 2.24) is 10.2 Å². The van der Waals surface area contributed by atoms with E-state index in [2.05, 4.69) is 12.2 Å². The van der Waals surface area contributed by atoms with Crippen molar-refractivity contribution in [2.45, 2.75) is 45.1 Å². The first-order valence-corrected chi connectivity index (χ1v) is 6.07.